The van der Waals surface area contributed by atoms with Gasteiger partial charge in [-0.2, -0.15) is 14.6 Å². The van der Waals surface area contributed by atoms with E-state index in [4.69, 9.17) is 9.47 Å². The van der Waals surface area contributed by atoms with Crippen LogP contribution in [0.2, 0.25) is 0 Å². The Morgan fingerprint density at radius 1 is 1.21 bits per heavy atom. The maximum Gasteiger partial charge on any atom is 0.268 e. The van der Waals surface area contributed by atoms with E-state index in [0.717, 1.165) is 17.1 Å². The number of rotatable bonds is 9. The summed E-state index contributed by atoms with van der Waals surface area (Å²) >= 11 is 0.723. The Morgan fingerprint density at radius 2 is 1.94 bits per heavy atom. The molecular formula is C23H22N4O5S2. The van der Waals surface area contributed by atoms with Crippen LogP contribution < -0.4 is 14.8 Å². The zero-order valence-corrected chi connectivity index (χ0v) is 20.3. The SMILES string of the molecule is COc1cc(C=C(C#N)C(=O)Nc2nc(S(=O)(=O)C(C)C)ns2)ccc1OCc1ccccc1. The second-order valence-corrected chi connectivity index (χ2v) is 10.4. The maximum atomic E-state index is 12.6. The van der Waals surface area contributed by atoms with Gasteiger partial charge >= 0.3 is 0 Å². The van der Waals surface area contributed by atoms with Crippen molar-refractivity contribution >= 4 is 38.5 Å². The highest BCUT2D eigenvalue weighted by atomic mass is 32.2. The lowest BCUT2D eigenvalue weighted by atomic mass is 10.1. The van der Waals surface area contributed by atoms with Crippen LogP contribution in [0, 0.1) is 11.3 Å². The predicted molar refractivity (Wildman–Crippen MR) is 128 cm³/mol. The topological polar surface area (TPSA) is 131 Å². The maximum absolute atomic E-state index is 12.6. The van der Waals surface area contributed by atoms with Crippen LogP contribution in [0.1, 0.15) is 25.0 Å². The molecule has 0 atom stereocenters. The van der Waals surface area contributed by atoms with E-state index in [9.17, 15) is 18.5 Å². The average Bonchev–Trinajstić information content (AvgIpc) is 3.31. The molecule has 0 bridgehead atoms. The lowest BCUT2D eigenvalue weighted by Crippen LogP contribution is -2.16. The summed E-state index contributed by atoms with van der Waals surface area (Å²) in [6.45, 7) is 3.38. The molecule has 1 heterocycles. The number of benzene rings is 2. The zero-order chi connectivity index (χ0) is 24.7. The molecule has 0 saturated carbocycles. The van der Waals surface area contributed by atoms with E-state index in [1.807, 2.05) is 36.4 Å². The molecule has 176 valence electrons. The van der Waals surface area contributed by atoms with Crippen molar-refractivity contribution in [1.82, 2.24) is 9.36 Å². The number of methoxy groups -OCH3 is 1. The molecule has 0 fully saturated rings. The zero-order valence-electron chi connectivity index (χ0n) is 18.7. The molecular weight excluding hydrogens is 476 g/mol. The fourth-order valence-electron chi connectivity index (χ4n) is 2.70. The van der Waals surface area contributed by atoms with E-state index in [1.54, 1.807) is 18.2 Å². The van der Waals surface area contributed by atoms with Crippen LogP contribution in [0.5, 0.6) is 11.5 Å². The van der Waals surface area contributed by atoms with Crippen LogP contribution in [0.4, 0.5) is 5.13 Å². The van der Waals surface area contributed by atoms with Gasteiger partial charge in [-0.1, -0.05) is 36.4 Å². The highest BCUT2D eigenvalue weighted by molar-refractivity contribution is 7.91. The fraction of sp³-hybridized carbons (Fsp3) is 0.217. The van der Waals surface area contributed by atoms with E-state index in [2.05, 4.69) is 14.7 Å². The molecule has 1 N–H and O–H groups in total. The number of ether oxygens (including phenoxy) is 2. The molecule has 0 aliphatic heterocycles. The third-order valence-corrected chi connectivity index (χ3v) is 7.28. The summed E-state index contributed by atoms with van der Waals surface area (Å²) in [7, 11) is -2.17. The Hall–Kier alpha value is -3.75. The number of nitrogens with one attached hydrogen (secondary N) is 1. The van der Waals surface area contributed by atoms with Crippen molar-refractivity contribution in [3.05, 3.63) is 65.2 Å². The van der Waals surface area contributed by atoms with Gasteiger partial charge < -0.3 is 9.47 Å². The number of anilines is 1. The van der Waals surface area contributed by atoms with Crippen LogP contribution in [0.25, 0.3) is 6.08 Å². The molecule has 3 rings (SSSR count). The number of nitriles is 1. The van der Waals surface area contributed by atoms with E-state index >= 15 is 0 Å². The first-order chi connectivity index (χ1) is 16.2. The highest BCUT2D eigenvalue weighted by Crippen LogP contribution is 2.30. The summed E-state index contributed by atoms with van der Waals surface area (Å²) in [5.41, 5.74) is 1.33. The minimum atomic E-state index is -3.67. The smallest absolute Gasteiger partial charge is 0.268 e. The van der Waals surface area contributed by atoms with Gasteiger partial charge in [-0.05, 0) is 43.2 Å². The van der Waals surface area contributed by atoms with Crippen molar-refractivity contribution in [3.63, 3.8) is 0 Å². The van der Waals surface area contributed by atoms with Gasteiger partial charge in [0.2, 0.25) is 15.0 Å². The largest absolute Gasteiger partial charge is 0.493 e. The standard InChI is InChI=1S/C23H22N4O5S2/c1-15(2)34(29,30)23-26-22(33-27-23)25-21(28)18(13-24)11-17-9-10-19(20(12-17)31-3)32-14-16-7-5-4-6-8-16/h4-12,15H,14H2,1-3H3,(H,25,26,27,28). The molecule has 1 amide bonds. The van der Waals surface area contributed by atoms with E-state index in [1.165, 1.54) is 27.0 Å². The molecule has 0 aliphatic carbocycles. The van der Waals surface area contributed by atoms with Crippen molar-refractivity contribution in [3.8, 4) is 17.6 Å². The first kappa shape index (κ1) is 24.9. The minimum absolute atomic E-state index is 0.0207. The normalized spacial score (nSPS) is 11.7. The summed E-state index contributed by atoms with van der Waals surface area (Å²) in [6, 6.07) is 16.5. The van der Waals surface area contributed by atoms with E-state index in [-0.39, 0.29) is 15.9 Å². The highest BCUT2D eigenvalue weighted by Gasteiger charge is 2.25. The van der Waals surface area contributed by atoms with Gasteiger partial charge in [-0.3, -0.25) is 10.1 Å². The van der Waals surface area contributed by atoms with Crippen molar-refractivity contribution in [2.24, 2.45) is 0 Å². The van der Waals surface area contributed by atoms with Crippen molar-refractivity contribution in [2.45, 2.75) is 30.9 Å². The Labute approximate surface area is 201 Å². The molecule has 0 radical (unpaired) electrons. The lowest BCUT2D eigenvalue weighted by molar-refractivity contribution is -0.112. The third kappa shape index (κ3) is 5.98. The van der Waals surface area contributed by atoms with Gasteiger partial charge in [0.05, 0.1) is 12.4 Å². The minimum Gasteiger partial charge on any atom is -0.493 e. The van der Waals surface area contributed by atoms with Crippen molar-refractivity contribution < 1.29 is 22.7 Å². The van der Waals surface area contributed by atoms with E-state index in [0.29, 0.717) is 23.7 Å². The molecule has 11 heteroatoms. The Balaban J connectivity index is 1.75. The summed E-state index contributed by atoms with van der Waals surface area (Å²) in [6.07, 6.45) is 1.38. The van der Waals surface area contributed by atoms with Gasteiger partial charge in [0.25, 0.3) is 11.1 Å². The number of sulfone groups is 1. The van der Waals surface area contributed by atoms with Gasteiger partial charge in [-0.15, -0.1) is 0 Å². The molecule has 1 aromatic heterocycles. The first-order valence-corrected chi connectivity index (χ1v) is 12.4. The van der Waals surface area contributed by atoms with Crippen LogP contribution in [-0.4, -0.2) is 36.0 Å². The van der Waals surface area contributed by atoms with Gasteiger partial charge in [-0.25, -0.2) is 8.42 Å². The predicted octanol–water partition coefficient (Wildman–Crippen LogP) is 3.85. The van der Waals surface area contributed by atoms with Crippen LogP contribution in [0.3, 0.4) is 0 Å². The molecule has 34 heavy (non-hydrogen) atoms. The Morgan fingerprint density at radius 3 is 2.59 bits per heavy atom. The van der Waals surface area contributed by atoms with Crippen LogP contribution in [0.15, 0.2) is 59.3 Å². The molecule has 3 aromatic rings. The Bertz CT molecular complexity index is 1340. The molecule has 0 aliphatic rings. The van der Waals surface area contributed by atoms with Crippen LogP contribution in [-0.2, 0) is 21.2 Å². The van der Waals surface area contributed by atoms with Crippen molar-refractivity contribution in [1.29, 1.82) is 5.26 Å². The number of hydrogen-bond acceptors (Lipinski definition) is 9. The fourth-order valence-corrected chi connectivity index (χ4v) is 4.39. The number of amides is 1. The van der Waals surface area contributed by atoms with Gasteiger partial charge in [0.15, 0.2) is 11.5 Å². The second-order valence-electron chi connectivity index (χ2n) is 7.28. The summed E-state index contributed by atoms with van der Waals surface area (Å²) in [5, 5.41) is 10.8. The molecule has 0 unspecified atom stereocenters. The summed E-state index contributed by atoms with van der Waals surface area (Å²) < 4.78 is 39.3. The molecule has 2 aromatic carbocycles. The quantitative estimate of drug-likeness (QED) is 0.348. The number of carbonyl (C=O) groups is 1. The number of hydrogen-bond donors (Lipinski definition) is 1. The first-order valence-electron chi connectivity index (χ1n) is 10.1. The molecule has 0 spiro atoms. The van der Waals surface area contributed by atoms with E-state index < -0.39 is 21.0 Å². The summed E-state index contributed by atoms with van der Waals surface area (Å²) in [4.78, 5) is 16.4. The summed E-state index contributed by atoms with van der Waals surface area (Å²) in [5.74, 6) is 0.213. The number of carbonyl (C=O) groups excluding carboxylic acids is 1. The number of aromatic nitrogens is 2. The third-order valence-electron chi connectivity index (χ3n) is 4.60. The Kier molecular flexibility index (Phi) is 7.99. The lowest BCUT2D eigenvalue weighted by Gasteiger charge is -2.11. The second kappa shape index (κ2) is 10.9. The van der Waals surface area contributed by atoms with Crippen LogP contribution >= 0.6 is 11.5 Å². The molecule has 9 nitrogen and oxygen atoms in total. The van der Waals surface area contributed by atoms with Gasteiger partial charge in [0, 0.05) is 11.5 Å². The average molecular weight is 499 g/mol. The van der Waals surface area contributed by atoms with Crippen molar-refractivity contribution in [2.75, 3.05) is 12.4 Å². The molecule has 0 saturated heterocycles. The number of nitrogens with zero attached hydrogens (tertiary/aromatic N) is 3. The monoisotopic (exact) mass is 498 g/mol. The van der Waals surface area contributed by atoms with Gasteiger partial charge in [0.1, 0.15) is 18.2 Å².